The number of benzene rings is 1. The molecule has 1 amide bonds. The largest absolute Gasteiger partial charge is 0.460 e. The van der Waals surface area contributed by atoms with Gasteiger partial charge in [-0.15, -0.1) is 0 Å². The maximum Gasteiger partial charge on any atom is 0.317 e. The second kappa shape index (κ2) is 8.12. The molecule has 1 aromatic heterocycles. The molecule has 0 saturated heterocycles. The van der Waals surface area contributed by atoms with Crippen molar-refractivity contribution in [1.82, 2.24) is 14.7 Å². The van der Waals surface area contributed by atoms with Crippen LogP contribution in [0.3, 0.4) is 0 Å². The van der Waals surface area contributed by atoms with Crippen molar-refractivity contribution in [2.75, 3.05) is 11.4 Å². The van der Waals surface area contributed by atoms with Crippen molar-refractivity contribution in [3.63, 3.8) is 0 Å². The van der Waals surface area contributed by atoms with Crippen LogP contribution in [0.4, 0.5) is 5.69 Å². The number of hydrogen-bond donors (Lipinski definition) is 1. The molecule has 5 rings (SSSR count). The summed E-state index contributed by atoms with van der Waals surface area (Å²) in [5.74, 6) is 0.134. The van der Waals surface area contributed by atoms with Crippen molar-refractivity contribution in [2.45, 2.75) is 75.8 Å². The van der Waals surface area contributed by atoms with E-state index in [2.05, 4.69) is 14.7 Å². The van der Waals surface area contributed by atoms with Gasteiger partial charge in [0, 0.05) is 30.4 Å². The van der Waals surface area contributed by atoms with E-state index in [0.29, 0.717) is 49.6 Å². The number of carbonyl (C=O) groups is 1. The molecule has 0 bridgehead atoms. The number of anilines is 1. The number of sulfonamides is 1. The Labute approximate surface area is 188 Å². The minimum Gasteiger partial charge on any atom is -0.460 e. The fraction of sp³-hybridized carbons (Fsp3) is 0.522. The van der Waals surface area contributed by atoms with Gasteiger partial charge in [0.2, 0.25) is 15.9 Å². The first-order valence-electron chi connectivity index (χ1n) is 11.3. The Morgan fingerprint density at radius 2 is 1.62 bits per heavy atom. The first-order chi connectivity index (χ1) is 15.3. The summed E-state index contributed by atoms with van der Waals surface area (Å²) in [6.45, 7) is 4.47. The van der Waals surface area contributed by atoms with Crippen LogP contribution in [0.5, 0.6) is 6.01 Å². The summed E-state index contributed by atoms with van der Waals surface area (Å²) in [5, 5.41) is 0. The molecular weight excluding hydrogens is 428 g/mol. The van der Waals surface area contributed by atoms with Gasteiger partial charge in [-0.2, -0.15) is 0 Å². The molecule has 1 saturated carbocycles. The van der Waals surface area contributed by atoms with Gasteiger partial charge in [-0.05, 0) is 81.7 Å². The third-order valence-corrected chi connectivity index (χ3v) is 8.07. The van der Waals surface area contributed by atoms with Crippen molar-refractivity contribution in [3.8, 4) is 6.01 Å². The van der Waals surface area contributed by atoms with Crippen LogP contribution in [-0.2, 0) is 27.7 Å². The van der Waals surface area contributed by atoms with Gasteiger partial charge >= 0.3 is 6.01 Å². The van der Waals surface area contributed by atoms with Crippen molar-refractivity contribution in [2.24, 2.45) is 0 Å². The summed E-state index contributed by atoms with van der Waals surface area (Å²) in [5.41, 5.74) is 4.60. The predicted molar refractivity (Wildman–Crippen MR) is 119 cm³/mol. The molecule has 9 heteroatoms. The van der Waals surface area contributed by atoms with Crippen LogP contribution in [0.15, 0.2) is 23.1 Å². The summed E-state index contributed by atoms with van der Waals surface area (Å²) >= 11 is 0. The molecule has 170 valence electrons. The number of aromatic nitrogens is 2. The first kappa shape index (κ1) is 21.3. The molecule has 0 atom stereocenters. The molecule has 8 nitrogen and oxygen atoms in total. The van der Waals surface area contributed by atoms with Crippen molar-refractivity contribution >= 4 is 21.6 Å². The molecule has 2 aromatic rings. The maximum atomic E-state index is 13.1. The van der Waals surface area contributed by atoms with E-state index in [1.165, 1.54) is 0 Å². The van der Waals surface area contributed by atoms with Gasteiger partial charge in [-0.25, -0.2) is 23.1 Å². The highest BCUT2D eigenvalue weighted by atomic mass is 32.2. The Bertz CT molecular complexity index is 1150. The van der Waals surface area contributed by atoms with Crippen LogP contribution in [-0.4, -0.2) is 43.0 Å². The van der Waals surface area contributed by atoms with Crippen molar-refractivity contribution in [3.05, 3.63) is 40.7 Å². The third kappa shape index (κ3) is 4.11. The van der Waals surface area contributed by atoms with Crippen LogP contribution < -0.4 is 14.4 Å². The van der Waals surface area contributed by atoms with Gasteiger partial charge < -0.3 is 9.64 Å². The lowest BCUT2D eigenvalue weighted by Gasteiger charge is -2.29. The molecule has 3 aliphatic rings. The monoisotopic (exact) mass is 456 g/mol. The zero-order chi connectivity index (χ0) is 22.5. The molecule has 1 N–H and O–H groups in total. The van der Waals surface area contributed by atoms with E-state index in [4.69, 9.17) is 4.74 Å². The highest BCUT2D eigenvalue weighted by molar-refractivity contribution is 7.89. The summed E-state index contributed by atoms with van der Waals surface area (Å²) in [7, 11) is -3.63. The Balaban J connectivity index is 1.24. The van der Waals surface area contributed by atoms with E-state index in [1.807, 2.05) is 19.9 Å². The first-order valence-corrected chi connectivity index (χ1v) is 12.7. The topological polar surface area (TPSA) is 101 Å². The number of nitrogens with one attached hydrogen (secondary N) is 1. The second-order valence-corrected chi connectivity index (χ2v) is 10.7. The minimum absolute atomic E-state index is 0.00932. The Morgan fingerprint density at radius 1 is 0.969 bits per heavy atom. The molecule has 32 heavy (non-hydrogen) atoms. The lowest BCUT2D eigenvalue weighted by Crippen LogP contribution is -2.40. The number of rotatable bonds is 5. The number of ether oxygens (including phenoxy) is 1. The zero-order valence-electron chi connectivity index (χ0n) is 18.4. The fourth-order valence-electron chi connectivity index (χ4n) is 5.06. The van der Waals surface area contributed by atoms with E-state index in [1.54, 1.807) is 17.0 Å². The van der Waals surface area contributed by atoms with Gasteiger partial charge in [0.05, 0.1) is 10.6 Å². The average molecular weight is 457 g/mol. The van der Waals surface area contributed by atoms with Gasteiger partial charge in [-0.1, -0.05) is 0 Å². The summed E-state index contributed by atoms with van der Waals surface area (Å²) in [6, 6.07) is 5.67. The van der Waals surface area contributed by atoms with Gasteiger partial charge in [-0.3, -0.25) is 4.79 Å². The van der Waals surface area contributed by atoms with Crippen LogP contribution in [0.1, 0.15) is 54.6 Å². The molecule has 1 fully saturated rings. The molecule has 2 aliphatic heterocycles. The van der Waals surface area contributed by atoms with E-state index >= 15 is 0 Å². The quantitative estimate of drug-likeness (QED) is 0.742. The second-order valence-electron chi connectivity index (χ2n) is 9.03. The predicted octanol–water partition coefficient (Wildman–Crippen LogP) is 2.60. The van der Waals surface area contributed by atoms with Crippen molar-refractivity contribution in [1.29, 1.82) is 0 Å². The SMILES string of the molecule is Cc1cc(C)nc(OC2CCC(NS(=O)(=O)c3cc4c5c(c3)CCN5C(=O)CC4)CC2)n1. The molecule has 3 heterocycles. The number of hydrogen-bond acceptors (Lipinski definition) is 6. The van der Waals surface area contributed by atoms with Crippen LogP contribution in [0, 0.1) is 13.8 Å². The van der Waals surface area contributed by atoms with E-state index in [-0.39, 0.29) is 18.1 Å². The molecule has 0 spiro atoms. The van der Waals surface area contributed by atoms with Crippen molar-refractivity contribution < 1.29 is 17.9 Å². The normalized spacial score (nSPS) is 22.7. The molecule has 1 aliphatic carbocycles. The number of carbonyl (C=O) groups excluding carboxylic acids is 1. The fourth-order valence-corrected chi connectivity index (χ4v) is 6.47. The number of aryl methyl sites for hydroxylation is 3. The average Bonchev–Trinajstić information content (AvgIpc) is 3.17. The zero-order valence-corrected chi connectivity index (χ0v) is 19.2. The standard InChI is InChI=1S/C23H28N4O4S/c1-14-11-15(2)25-23(24-14)31-19-6-4-18(5-7-19)26-32(29,30)20-12-16-3-8-21(28)27-10-9-17(13-20)22(16)27/h11-13,18-19,26H,3-10H2,1-2H3. The molecule has 0 radical (unpaired) electrons. The summed E-state index contributed by atoms with van der Waals surface area (Å²) in [4.78, 5) is 22.9. The molecular formula is C23H28N4O4S. The number of nitrogens with zero attached hydrogens (tertiary/aromatic N) is 3. The van der Waals surface area contributed by atoms with Crippen LogP contribution in [0.2, 0.25) is 0 Å². The van der Waals surface area contributed by atoms with Gasteiger partial charge in [0.25, 0.3) is 0 Å². The van der Waals surface area contributed by atoms with E-state index < -0.39 is 10.0 Å². The summed E-state index contributed by atoms with van der Waals surface area (Å²) in [6.07, 6.45) is 4.64. The minimum atomic E-state index is -3.63. The Hall–Kier alpha value is -2.52. The maximum absolute atomic E-state index is 13.1. The van der Waals surface area contributed by atoms with Crippen LogP contribution >= 0.6 is 0 Å². The smallest absolute Gasteiger partial charge is 0.317 e. The highest BCUT2D eigenvalue weighted by Gasteiger charge is 2.34. The van der Waals surface area contributed by atoms with E-state index in [0.717, 1.165) is 41.0 Å². The number of amides is 1. The van der Waals surface area contributed by atoms with E-state index in [9.17, 15) is 13.2 Å². The van der Waals surface area contributed by atoms with Crippen LogP contribution in [0.25, 0.3) is 0 Å². The van der Waals surface area contributed by atoms with Gasteiger partial charge in [0.1, 0.15) is 6.10 Å². The Morgan fingerprint density at radius 3 is 2.31 bits per heavy atom. The summed E-state index contributed by atoms with van der Waals surface area (Å²) < 4.78 is 35.1. The molecule has 1 aromatic carbocycles. The van der Waals surface area contributed by atoms with Gasteiger partial charge in [0.15, 0.2) is 0 Å². The molecule has 0 unspecified atom stereocenters. The Kier molecular flexibility index (Phi) is 5.41. The third-order valence-electron chi connectivity index (χ3n) is 6.57. The lowest BCUT2D eigenvalue weighted by molar-refractivity contribution is -0.118. The highest BCUT2D eigenvalue weighted by Crippen LogP contribution is 2.38. The lowest BCUT2D eigenvalue weighted by atomic mass is 9.94.